The maximum absolute atomic E-state index is 10.4. The molecule has 1 aromatic rings. The quantitative estimate of drug-likeness (QED) is 0.153. The zero-order valence-electron chi connectivity index (χ0n) is 20.0. The molecule has 3 nitrogen and oxygen atoms in total. The number of phenols is 3. The van der Waals surface area contributed by atoms with Crippen LogP contribution in [0.15, 0.2) is 6.07 Å². The van der Waals surface area contributed by atoms with Gasteiger partial charge in [-0.1, -0.05) is 72.6 Å². The molecule has 1 fully saturated rings. The molecule has 2 rings (SSSR count). The molecule has 0 heterocycles. The van der Waals surface area contributed by atoms with Crippen LogP contribution in [0.5, 0.6) is 17.2 Å². The summed E-state index contributed by atoms with van der Waals surface area (Å²) in [5, 5.41) is 30.8. The first kappa shape index (κ1) is 24.9. The van der Waals surface area contributed by atoms with Crippen LogP contribution in [0.4, 0.5) is 0 Å². The normalized spacial score (nSPS) is 15.5. The second kappa shape index (κ2) is 11.3. The van der Waals surface area contributed by atoms with Gasteiger partial charge in [-0.25, -0.2) is 0 Å². The Bertz CT molecular complexity index is 659. The maximum Gasteiger partial charge on any atom is 0.161 e. The third kappa shape index (κ3) is 8.04. The maximum atomic E-state index is 10.4. The molecule has 30 heavy (non-hydrogen) atoms. The Kier molecular flexibility index (Phi) is 9.37. The summed E-state index contributed by atoms with van der Waals surface area (Å²) in [5.41, 5.74) is 2.66. The summed E-state index contributed by atoms with van der Waals surface area (Å²) in [6.45, 7) is 9.32. The molecule has 0 aromatic heterocycles. The number of hydrogen-bond acceptors (Lipinski definition) is 3. The van der Waals surface area contributed by atoms with Crippen molar-refractivity contribution in [3.63, 3.8) is 0 Å². The summed E-state index contributed by atoms with van der Waals surface area (Å²) in [6.07, 6.45) is 17.4. The first-order valence-electron chi connectivity index (χ1n) is 12.4. The van der Waals surface area contributed by atoms with Crippen LogP contribution < -0.4 is 0 Å². The van der Waals surface area contributed by atoms with Gasteiger partial charge in [-0.15, -0.1) is 0 Å². The zero-order valence-corrected chi connectivity index (χ0v) is 20.0. The highest BCUT2D eigenvalue weighted by Gasteiger charge is 2.35. The molecule has 1 aliphatic rings. The van der Waals surface area contributed by atoms with Crippen molar-refractivity contribution in [1.29, 1.82) is 0 Å². The average molecular weight is 419 g/mol. The van der Waals surface area contributed by atoms with Crippen molar-refractivity contribution in [3.05, 3.63) is 17.2 Å². The summed E-state index contributed by atoms with van der Waals surface area (Å²) in [6, 6.07) is 1.30. The van der Waals surface area contributed by atoms with Gasteiger partial charge in [0.25, 0.3) is 0 Å². The molecule has 3 N–H and O–H groups in total. The van der Waals surface area contributed by atoms with Crippen molar-refractivity contribution >= 4 is 0 Å². The van der Waals surface area contributed by atoms with E-state index < -0.39 is 0 Å². The predicted molar refractivity (Wildman–Crippen MR) is 126 cm³/mol. The fraction of sp³-hybridized carbons (Fsp3) is 0.778. The van der Waals surface area contributed by atoms with Crippen LogP contribution in [0.3, 0.4) is 0 Å². The average Bonchev–Trinajstić information content (AvgIpc) is 3.43. The second-order valence-corrected chi connectivity index (χ2v) is 10.9. The minimum Gasteiger partial charge on any atom is -0.508 e. The lowest BCUT2D eigenvalue weighted by Crippen LogP contribution is -2.08. The van der Waals surface area contributed by atoms with Crippen molar-refractivity contribution in [1.82, 2.24) is 0 Å². The molecule has 0 bridgehead atoms. The van der Waals surface area contributed by atoms with Crippen LogP contribution in [0, 0.1) is 10.8 Å². The van der Waals surface area contributed by atoms with Gasteiger partial charge >= 0.3 is 0 Å². The summed E-state index contributed by atoms with van der Waals surface area (Å²) >= 11 is 0. The van der Waals surface area contributed by atoms with E-state index in [0.29, 0.717) is 10.8 Å². The Morgan fingerprint density at radius 3 is 1.97 bits per heavy atom. The number of phenolic OH excluding ortho intramolecular Hbond substituents is 3. The van der Waals surface area contributed by atoms with Gasteiger partial charge in [0.15, 0.2) is 11.5 Å². The van der Waals surface area contributed by atoms with E-state index in [-0.39, 0.29) is 17.2 Å². The van der Waals surface area contributed by atoms with Crippen LogP contribution in [0.2, 0.25) is 0 Å². The van der Waals surface area contributed by atoms with Crippen LogP contribution >= 0.6 is 0 Å². The van der Waals surface area contributed by atoms with E-state index in [2.05, 4.69) is 27.7 Å². The smallest absolute Gasteiger partial charge is 0.161 e. The second-order valence-electron chi connectivity index (χ2n) is 10.9. The highest BCUT2D eigenvalue weighted by Crippen LogP contribution is 2.49. The van der Waals surface area contributed by atoms with E-state index in [9.17, 15) is 15.3 Å². The Labute approximate surface area is 184 Å². The van der Waals surface area contributed by atoms with Gasteiger partial charge in [0.2, 0.25) is 0 Å². The molecular formula is C27H46O3. The molecule has 0 atom stereocenters. The van der Waals surface area contributed by atoms with Gasteiger partial charge in [0, 0.05) is 17.2 Å². The van der Waals surface area contributed by atoms with E-state index in [4.69, 9.17) is 0 Å². The number of unbranched alkanes of at least 4 members (excludes halogenated alkanes) is 6. The lowest BCUT2D eigenvalue weighted by Gasteiger charge is -2.22. The molecular weight excluding hydrogens is 372 g/mol. The van der Waals surface area contributed by atoms with Crippen molar-refractivity contribution in [2.75, 3.05) is 0 Å². The van der Waals surface area contributed by atoms with Gasteiger partial charge in [-0.05, 0) is 62.2 Å². The van der Waals surface area contributed by atoms with Crippen LogP contribution in [-0.2, 0) is 12.8 Å². The monoisotopic (exact) mass is 418 g/mol. The van der Waals surface area contributed by atoms with Crippen LogP contribution in [0.25, 0.3) is 0 Å². The van der Waals surface area contributed by atoms with E-state index in [1.807, 2.05) is 0 Å². The highest BCUT2D eigenvalue weighted by molar-refractivity contribution is 5.55. The van der Waals surface area contributed by atoms with Crippen molar-refractivity contribution in [3.8, 4) is 17.2 Å². The van der Waals surface area contributed by atoms with E-state index in [1.54, 1.807) is 0 Å². The van der Waals surface area contributed by atoms with Crippen molar-refractivity contribution < 1.29 is 15.3 Å². The van der Waals surface area contributed by atoms with E-state index in [1.165, 1.54) is 63.9 Å². The van der Waals surface area contributed by atoms with E-state index >= 15 is 0 Å². The molecule has 0 aliphatic heterocycles. The largest absolute Gasteiger partial charge is 0.508 e. The minimum atomic E-state index is -0.199. The molecule has 0 radical (unpaired) electrons. The fourth-order valence-electron chi connectivity index (χ4n) is 4.39. The fourth-order valence-corrected chi connectivity index (χ4v) is 4.39. The van der Waals surface area contributed by atoms with Crippen LogP contribution in [-0.4, -0.2) is 15.3 Å². The molecule has 3 heteroatoms. The number of hydrogen-bond donors (Lipinski definition) is 3. The first-order valence-corrected chi connectivity index (χ1v) is 12.4. The lowest BCUT2D eigenvalue weighted by atomic mass is 9.84. The van der Waals surface area contributed by atoms with Crippen LogP contribution in [0.1, 0.15) is 122 Å². The number of rotatable bonds is 15. The summed E-state index contributed by atoms with van der Waals surface area (Å²) in [7, 11) is 0. The van der Waals surface area contributed by atoms with Gasteiger partial charge in [-0.2, -0.15) is 0 Å². The topological polar surface area (TPSA) is 60.7 Å². The highest BCUT2D eigenvalue weighted by atomic mass is 16.3. The lowest BCUT2D eigenvalue weighted by molar-refractivity contribution is 0.307. The third-order valence-corrected chi connectivity index (χ3v) is 7.52. The van der Waals surface area contributed by atoms with Gasteiger partial charge in [-0.3, -0.25) is 0 Å². The molecule has 1 saturated carbocycles. The minimum absolute atomic E-state index is 0.0296. The predicted octanol–water partition coefficient (Wildman–Crippen LogP) is 8.03. The number of aromatic hydroxyl groups is 3. The molecule has 0 saturated heterocycles. The Hall–Kier alpha value is -1.38. The van der Waals surface area contributed by atoms with E-state index in [0.717, 1.165) is 49.7 Å². The molecule has 0 amide bonds. The molecule has 0 spiro atoms. The molecule has 0 unspecified atom stereocenters. The van der Waals surface area contributed by atoms with Crippen molar-refractivity contribution in [2.45, 2.75) is 124 Å². The van der Waals surface area contributed by atoms with Gasteiger partial charge < -0.3 is 15.3 Å². The third-order valence-electron chi connectivity index (χ3n) is 7.52. The molecule has 172 valence electrons. The summed E-state index contributed by atoms with van der Waals surface area (Å²) in [5.74, 6) is -0.0956. The number of benzene rings is 1. The molecule has 1 aliphatic carbocycles. The van der Waals surface area contributed by atoms with Crippen molar-refractivity contribution in [2.24, 2.45) is 10.8 Å². The zero-order chi connectivity index (χ0) is 22.2. The standard InChI is InChI=1S/C27H46O3/c1-5-26(2,3)16-12-8-6-10-14-21-22(25(30)24(29)20-23(21)28)15-11-7-9-13-17-27(4)18-19-27/h20,28-30H,5-19H2,1-4H3. The summed E-state index contributed by atoms with van der Waals surface area (Å²) in [4.78, 5) is 0. The molecule has 1 aromatic carbocycles. The summed E-state index contributed by atoms with van der Waals surface area (Å²) < 4.78 is 0. The first-order chi connectivity index (χ1) is 14.2. The Balaban J connectivity index is 1.78. The van der Waals surface area contributed by atoms with Gasteiger partial charge in [0.1, 0.15) is 5.75 Å². The SMILES string of the molecule is CCC(C)(C)CCCCCCc1c(O)cc(O)c(O)c1CCCCCCC1(C)CC1. The van der Waals surface area contributed by atoms with Gasteiger partial charge in [0.05, 0.1) is 0 Å². The Morgan fingerprint density at radius 1 is 0.800 bits per heavy atom. The Morgan fingerprint density at radius 2 is 1.37 bits per heavy atom.